The molecule has 2 aliphatic rings. The number of ether oxygens (including phenoxy) is 2. The Morgan fingerprint density at radius 1 is 0.947 bits per heavy atom. The first kappa shape index (κ1) is 25.5. The van der Waals surface area contributed by atoms with E-state index in [1.54, 1.807) is 48.1 Å². The maximum Gasteiger partial charge on any atom is 0.359 e. The Morgan fingerprint density at radius 2 is 1.61 bits per heavy atom. The van der Waals surface area contributed by atoms with Gasteiger partial charge in [-0.3, -0.25) is 9.59 Å². The topological polar surface area (TPSA) is 114 Å². The van der Waals surface area contributed by atoms with Gasteiger partial charge < -0.3 is 24.4 Å². The summed E-state index contributed by atoms with van der Waals surface area (Å²) in [4.78, 5) is 42.5. The van der Waals surface area contributed by atoms with Crippen molar-refractivity contribution in [2.24, 2.45) is 0 Å². The molecular weight excluding hydrogens is 488 g/mol. The van der Waals surface area contributed by atoms with Crippen LogP contribution in [0.25, 0.3) is 5.69 Å². The molecule has 5 rings (SSSR count). The fraction of sp³-hybridized carbons (Fsp3) is 0.357. The molecule has 3 heterocycles. The first-order valence-electron chi connectivity index (χ1n) is 12.7. The zero-order chi connectivity index (χ0) is 26.8. The third kappa shape index (κ3) is 4.74. The van der Waals surface area contributed by atoms with Crippen molar-refractivity contribution >= 4 is 29.2 Å². The lowest BCUT2D eigenvalue weighted by Crippen LogP contribution is -2.39. The lowest BCUT2D eigenvalue weighted by atomic mass is 10.0. The minimum absolute atomic E-state index is 0.0584. The van der Waals surface area contributed by atoms with E-state index in [-0.39, 0.29) is 29.8 Å². The van der Waals surface area contributed by atoms with Crippen LogP contribution in [0.5, 0.6) is 5.75 Å². The van der Waals surface area contributed by atoms with Crippen LogP contribution in [-0.4, -0.2) is 65.6 Å². The molecule has 3 aromatic rings. The van der Waals surface area contributed by atoms with Crippen LogP contribution in [0.3, 0.4) is 0 Å². The summed E-state index contributed by atoms with van der Waals surface area (Å²) in [5.74, 6) is -0.232. The number of carbonyl (C=O) groups is 3. The van der Waals surface area contributed by atoms with Gasteiger partial charge in [-0.05, 0) is 74.7 Å². The van der Waals surface area contributed by atoms with Crippen molar-refractivity contribution in [1.82, 2.24) is 9.78 Å². The number of aliphatic hydroxyl groups excluding tert-OH is 1. The van der Waals surface area contributed by atoms with Gasteiger partial charge in [0.1, 0.15) is 17.5 Å². The number of methoxy groups -OCH3 is 1. The molecule has 1 atom stereocenters. The number of hydrogen-bond donors (Lipinski definition) is 1. The molecule has 198 valence electrons. The Bertz CT molecular complexity index is 1350. The molecule has 0 saturated carbocycles. The number of amides is 2. The quantitative estimate of drug-likeness (QED) is 0.478. The molecule has 0 aliphatic carbocycles. The molecule has 2 aromatic carbocycles. The van der Waals surface area contributed by atoms with Crippen molar-refractivity contribution in [3.8, 4) is 11.4 Å². The van der Waals surface area contributed by atoms with E-state index in [2.05, 4.69) is 5.10 Å². The minimum Gasteiger partial charge on any atom is -0.497 e. The highest BCUT2D eigenvalue weighted by Crippen LogP contribution is 2.31. The molecule has 1 N–H and O–H groups in total. The molecular formula is C28H30N4O6. The normalized spacial score (nSPS) is 16.3. The summed E-state index contributed by atoms with van der Waals surface area (Å²) in [5, 5.41) is 13.8. The van der Waals surface area contributed by atoms with E-state index in [1.165, 1.54) is 4.68 Å². The number of aliphatic hydroxyl groups is 1. The Hall–Kier alpha value is -4.18. The second-order valence-corrected chi connectivity index (χ2v) is 9.41. The number of nitrogens with zero attached hydrogens (tertiary/aromatic N) is 4. The predicted molar refractivity (Wildman–Crippen MR) is 140 cm³/mol. The Labute approximate surface area is 220 Å². The molecule has 0 spiro atoms. The number of esters is 1. The van der Waals surface area contributed by atoms with Crippen LogP contribution in [-0.2, 0) is 16.0 Å². The van der Waals surface area contributed by atoms with Crippen molar-refractivity contribution in [2.45, 2.75) is 38.7 Å². The molecule has 1 aromatic heterocycles. The van der Waals surface area contributed by atoms with Crippen molar-refractivity contribution in [1.29, 1.82) is 0 Å². The zero-order valence-electron chi connectivity index (χ0n) is 21.4. The highest BCUT2D eigenvalue weighted by atomic mass is 16.6. The summed E-state index contributed by atoms with van der Waals surface area (Å²) in [6.45, 7) is 2.30. The van der Waals surface area contributed by atoms with Gasteiger partial charge in [-0.25, -0.2) is 9.48 Å². The average Bonchev–Trinajstić information content (AvgIpc) is 3.34. The summed E-state index contributed by atoms with van der Waals surface area (Å²) in [6, 6.07) is 14.4. The molecule has 10 nitrogen and oxygen atoms in total. The number of fused-ring (bicyclic) bond motifs is 1. The van der Waals surface area contributed by atoms with Crippen LogP contribution in [0.1, 0.15) is 52.7 Å². The van der Waals surface area contributed by atoms with Crippen molar-refractivity contribution in [3.05, 3.63) is 65.5 Å². The van der Waals surface area contributed by atoms with Crippen molar-refractivity contribution in [2.75, 3.05) is 36.6 Å². The van der Waals surface area contributed by atoms with Gasteiger partial charge in [-0.1, -0.05) is 0 Å². The average molecular weight is 519 g/mol. The standard InChI is InChI=1S/C28H30N4O6/c1-18(17-33)38-28(36)25-23-14-16-31(20-8-6-19(7-9-20)30-15-4-3-5-24(30)34)27(35)26(23)32(29-25)21-10-12-22(37-2)13-11-21/h6-13,18,33H,3-5,14-17H2,1-2H3. The second kappa shape index (κ2) is 10.7. The van der Waals surface area contributed by atoms with Gasteiger partial charge in [0, 0.05) is 36.4 Å². The number of rotatable bonds is 7. The predicted octanol–water partition coefficient (Wildman–Crippen LogP) is 3.14. The Morgan fingerprint density at radius 3 is 2.24 bits per heavy atom. The molecule has 0 radical (unpaired) electrons. The molecule has 0 bridgehead atoms. The fourth-order valence-electron chi connectivity index (χ4n) is 4.85. The highest BCUT2D eigenvalue weighted by Gasteiger charge is 2.36. The number of carbonyl (C=O) groups excluding carboxylic acids is 3. The third-order valence-corrected chi connectivity index (χ3v) is 6.89. The van der Waals surface area contributed by atoms with Crippen molar-refractivity contribution < 1.29 is 29.0 Å². The van der Waals surface area contributed by atoms with Gasteiger partial charge in [0.25, 0.3) is 5.91 Å². The minimum atomic E-state index is -0.703. The number of aromatic nitrogens is 2. The summed E-state index contributed by atoms with van der Waals surface area (Å²) >= 11 is 0. The summed E-state index contributed by atoms with van der Waals surface area (Å²) in [7, 11) is 1.56. The van der Waals surface area contributed by atoms with Crippen molar-refractivity contribution in [3.63, 3.8) is 0 Å². The van der Waals surface area contributed by atoms with Gasteiger partial charge in [0.05, 0.1) is 19.4 Å². The largest absolute Gasteiger partial charge is 0.497 e. The van der Waals surface area contributed by atoms with Crippen LogP contribution >= 0.6 is 0 Å². The van der Waals surface area contributed by atoms with E-state index in [0.717, 1.165) is 18.5 Å². The number of anilines is 2. The summed E-state index contributed by atoms with van der Waals surface area (Å²) < 4.78 is 12.0. The maximum absolute atomic E-state index is 13.9. The smallest absolute Gasteiger partial charge is 0.359 e. The number of piperidine rings is 1. The van der Waals surface area contributed by atoms with E-state index in [0.29, 0.717) is 48.6 Å². The zero-order valence-corrected chi connectivity index (χ0v) is 21.4. The van der Waals surface area contributed by atoms with Crippen LogP contribution < -0.4 is 14.5 Å². The van der Waals surface area contributed by atoms with Crippen LogP contribution in [0.2, 0.25) is 0 Å². The van der Waals surface area contributed by atoms with Gasteiger partial charge >= 0.3 is 5.97 Å². The fourth-order valence-corrected chi connectivity index (χ4v) is 4.85. The first-order valence-corrected chi connectivity index (χ1v) is 12.7. The first-order chi connectivity index (χ1) is 18.4. The van der Waals surface area contributed by atoms with E-state index in [1.807, 2.05) is 24.3 Å². The van der Waals surface area contributed by atoms with Crippen LogP contribution in [0, 0.1) is 0 Å². The SMILES string of the molecule is COc1ccc(-n2nc(C(=O)OC(C)CO)c3c2C(=O)N(c2ccc(N4CCCCC4=O)cc2)CC3)cc1. The van der Waals surface area contributed by atoms with Gasteiger partial charge in [0.2, 0.25) is 5.91 Å². The molecule has 38 heavy (non-hydrogen) atoms. The van der Waals surface area contributed by atoms with E-state index in [4.69, 9.17) is 9.47 Å². The van der Waals surface area contributed by atoms with Gasteiger partial charge in [0.15, 0.2) is 5.69 Å². The van der Waals surface area contributed by atoms with Crippen LogP contribution in [0.4, 0.5) is 11.4 Å². The molecule has 10 heteroatoms. The third-order valence-electron chi connectivity index (χ3n) is 6.89. The van der Waals surface area contributed by atoms with Gasteiger partial charge in [-0.15, -0.1) is 0 Å². The lowest BCUT2D eigenvalue weighted by Gasteiger charge is -2.29. The number of benzene rings is 2. The van der Waals surface area contributed by atoms with E-state index in [9.17, 15) is 19.5 Å². The van der Waals surface area contributed by atoms with E-state index < -0.39 is 12.1 Å². The Kier molecular flexibility index (Phi) is 7.15. The number of hydrogen-bond acceptors (Lipinski definition) is 7. The lowest BCUT2D eigenvalue weighted by molar-refractivity contribution is -0.119. The van der Waals surface area contributed by atoms with Crippen LogP contribution in [0.15, 0.2) is 48.5 Å². The molecule has 2 amide bonds. The molecule has 1 unspecified atom stereocenters. The molecule has 1 saturated heterocycles. The molecule has 1 fully saturated rings. The highest BCUT2D eigenvalue weighted by molar-refractivity contribution is 6.09. The maximum atomic E-state index is 13.9. The molecule has 2 aliphatic heterocycles. The summed E-state index contributed by atoms with van der Waals surface area (Å²) in [6.07, 6.45) is 2.12. The van der Waals surface area contributed by atoms with E-state index >= 15 is 0 Å². The van der Waals surface area contributed by atoms with Gasteiger partial charge in [-0.2, -0.15) is 5.10 Å². The monoisotopic (exact) mass is 518 g/mol. The Balaban J connectivity index is 1.50. The second-order valence-electron chi connectivity index (χ2n) is 9.41. The summed E-state index contributed by atoms with van der Waals surface area (Å²) in [5.41, 5.74) is 2.94.